The van der Waals surface area contributed by atoms with Gasteiger partial charge in [0.25, 0.3) is 0 Å². The van der Waals surface area contributed by atoms with Gasteiger partial charge in [-0.3, -0.25) is 4.99 Å². The van der Waals surface area contributed by atoms with E-state index in [1.165, 1.54) is 5.57 Å². The van der Waals surface area contributed by atoms with Crippen molar-refractivity contribution in [3.8, 4) is 0 Å². The monoisotopic (exact) mass is 179 g/mol. The van der Waals surface area contributed by atoms with E-state index in [0.717, 1.165) is 0 Å². The summed E-state index contributed by atoms with van der Waals surface area (Å²) >= 11 is 1.82. The lowest BCUT2D eigenvalue weighted by molar-refractivity contribution is 0.751. The maximum atomic E-state index is 4.40. The summed E-state index contributed by atoms with van der Waals surface area (Å²) in [4.78, 5) is 4.40. The third kappa shape index (κ3) is 1.36. The summed E-state index contributed by atoms with van der Waals surface area (Å²) in [5.41, 5.74) is 3.40. The van der Waals surface area contributed by atoms with Crippen molar-refractivity contribution in [1.29, 1.82) is 0 Å². The summed E-state index contributed by atoms with van der Waals surface area (Å²) in [5.74, 6) is 0.628. The first-order valence-corrected chi connectivity index (χ1v) is 5.28. The molecule has 1 aliphatic heterocycles. The van der Waals surface area contributed by atoms with Gasteiger partial charge in [0.05, 0.1) is 16.8 Å². The fourth-order valence-corrected chi connectivity index (χ4v) is 2.31. The van der Waals surface area contributed by atoms with E-state index in [1.807, 2.05) is 17.3 Å². The van der Waals surface area contributed by atoms with Gasteiger partial charge in [-0.2, -0.15) is 0 Å². The molecule has 0 bridgehead atoms. The van der Waals surface area contributed by atoms with Crippen molar-refractivity contribution in [3.05, 3.63) is 23.8 Å². The number of hydrogen-bond acceptors (Lipinski definition) is 2. The molecule has 2 unspecified atom stereocenters. The highest BCUT2D eigenvalue weighted by Crippen LogP contribution is 2.30. The summed E-state index contributed by atoms with van der Waals surface area (Å²) in [6, 6.07) is 0.414. The standard InChI is InChI=1S/C10H13NS/c1-7(2)8-3-4-10-9(5-8)11-6-12-10/h3-7,9-10H,1-2H3. The molecule has 0 aromatic heterocycles. The lowest BCUT2D eigenvalue weighted by Gasteiger charge is -2.18. The van der Waals surface area contributed by atoms with Gasteiger partial charge in [-0.25, -0.2) is 0 Å². The largest absolute Gasteiger partial charge is 0.277 e. The van der Waals surface area contributed by atoms with Gasteiger partial charge >= 0.3 is 0 Å². The van der Waals surface area contributed by atoms with E-state index >= 15 is 0 Å². The Bertz CT molecular complexity index is 263. The van der Waals surface area contributed by atoms with Crippen LogP contribution >= 0.6 is 11.8 Å². The SMILES string of the molecule is CC(C)C1=CC2N=CSC2C=C1. The van der Waals surface area contributed by atoms with Crippen LogP contribution in [0, 0.1) is 5.92 Å². The van der Waals surface area contributed by atoms with Crippen molar-refractivity contribution >= 4 is 17.3 Å². The van der Waals surface area contributed by atoms with E-state index in [2.05, 4.69) is 37.1 Å². The highest BCUT2D eigenvalue weighted by Gasteiger charge is 2.24. The van der Waals surface area contributed by atoms with Crippen molar-refractivity contribution in [2.75, 3.05) is 0 Å². The Kier molecular flexibility index (Phi) is 2.09. The zero-order valence-electron chi connectivity index (χ0n) is 7.40. The van der Waals surface area contributed by atoms with E-state index in [-0.39, 0.29) is 0 Å². The molecule has 0 radical (unpaired) electrons. The molecule has 0 N–H and O–H groups in total. The van der Waals surface area contributed by atoms with Crippen LogP contribution in [0.4, 0.5) is 0 Å². The third-order valence-electron chi connectivity index (χ3n) is 2.30. The van der Waals surface area contributed by atoms with Crippen LogP contribution in [0.3, 0.4) is 0 Å². The van der Waals surface area contributed by atoms with Gasteiger partial charge in [0.1, 0.15) is 0 Å². The minimum Gasteiger partial charge on any atom is -0.277 e. The molecule has 0 fully saturated rings. The molecule has 2 heteroatoms. The van der Waals surface area contributed by atoms with Gasteiger partial charge in [-0.15, -0.1) is 11.8 Å². The maximum Gasteiger partial charge on any atom is 0.0849 e. The van der Waals surface area contributed by atoms with Crippen LogP contribution < -0.4 is 0 Å². The molecular weight excluding hydrogens is 166 g/mol. The van der Waals surface area contributed by atoms with Crippen LogP contribution in [0.2, 0.25) is 0 Å². The van der Waals surface area contributed by atoms with E-state index in [1.54, 1.807) is 0 Å². The molecule has 1 nitrogen and oxygen atoms in total. The number of allylic oxidation sites excluding steroid dienone is 2. The Morgan fingerprint density at radius 1 is 1.50 bits per heavy atom. The van der Waals surface area contributed by atoms with Gasteiger partial charge in [0.2, 0.25) is 0 Å². The second-order valence-electron chi connectivity index (χ2n) is 3.53. The summed E-state index contributed by atoms with van der Waals surface area (Å²) in [6.07, 6.45) is 6.82. The molecule has 12 heavy (non-hydrogen) atoms. The van der Waals surface area contributed by atoms with Crippen molar-refractivity contribution in [2.45, 2.75) is 25.1 Å². The second kappa shape index (κ2) is 3.09. The quantitative estimate of drug-likeness (QED) is 0.603. The Balaban J connectivity index is 2.20. The summed E-state index contributed by atoms with van der Waals surface area (Å²) in [5, 5.41) is 0.576. The zero-order chi connectivity index (χ0) is 8.55. The summed E-state index contributed by atoms with van der Waals surface area (Å²) in [6.45, 7) is 4.45. The average molecular weight is 179 g/mol. The van der Waals surface area contributed by atoms with Crippen molar-refractivity contribution < 1.29 is 0 Å². The van der Waals surface area contributed by atoms with Crippen LogP contribution in [0.5, 0.6) is 0 Å². The normalized spacial score (nSPS) is 32.4. The fraction of sp³-hybridized carbons (Fsp3) is 0.500. The van der Waals surface area contributed by atoms with Crippen LogP contribution in [-0.2, 0) is 0 Å². The van der Waals surface area contributed by atoms with Crippen molar-refractivity contribution in [1.82, 2.24) is 0 Å². The number of fused-ring (bicyclic) bond motifs is 1. The van der Waals surface area contributed by atoms with E-state index in [0.29, 0.717) is 17.2 Å². The minimum atomic E-state index is 0.414. The van der Waals surface area contributed by atoms with E-state index in [9.17, 15) is 0 Å². The summed E-state index contributed by atoms with van der Waals surface area (Å²) in [7, 11) is 0. The number of aliphatic imine (C=N–C) groups is 1. The highest BCUT2D eigenvalue weighted by molar-refractivity contribution is 8.13. The van der Waals surface area contributed by atoms with Crippen LogP contribution in [0.25, 0.3) is 0 Å². The average Bonchev–Trinajstić information content (AvgIpc) is 2.49. The first kappa shape index (κ1) is 8.11. The molecule has 0 saturated carbocycles. The molecule has 0 aromatic carbocycles. The highest BCUT2D eigenvalue weighted by atomic mass is 32.2. The molecule has 0 amide bonds. The Labute approximate surface area is 77.7 Å². The molecule has 1 heterocycles. The van der Waals surface area contributed by atoms with Gasteiger partial charge in [-0.1, -0.05) is 32.1 Å². The van der Waals surface area contributed by atoms with Gasteiger partial charge in [-0.05, 0) is 11.5 Å². The summed E-state index contributed by atoms with van der Waals surface area (Å²) < 4.78 is 0. The lowest BCUT2D eigenvalue weighted by Crippen LogP contribution is -2.17. The van der Waals surface area contributed by atoms with E-state index < -0.39 is 0 Å². The molecule has 1 aliphatic carbocycles. The third-order valence-corrected chi connectivity index (χ3v) is 3.29. The first-order valence-electron chi connectivity index (χ1n) is 4.34. The number of thioether (sulfide) groups is 1. The van der Waals surface area contributed by atoms with Gasteiger partial charge < -0.3 is 0 Å². The topological polar surface area (TPSA) is 12.4 Å². The zero-order valence-corrected chi connectivity index (χ0v) is 8.21. The number of rotatable bonds is 1. The number of hydrogen-bond donors (Lipinski definition) is 0. The van der Waals surface area contributed by atoms with Crippen LogP contribution in [0.15, 0.2) is 28.8 Å². The Morgan fingerprint density at radius 2 is 2.33 bits per heavy atom. The Hall–Kier alpha value is -0.500. The van der Waals surface area contributed by atoms with E-state index in [4.69, 9.17) is 0 Å². The smallest absolute Gasteiger partial charge is 0.0849 e. The van der Waals surface area contributed by atoms with Crippen molar-refractivity contribution in [2.24, 2.45) is 10.9 Å². The predicted octanol–water partition coefficient (Wildman–Crippen LogP) is 2.65. The molecule has 64 valence electrons. The minimum absolute atomic E-state index is 0.414. The van der Waals surface area contributed by atoms with Crippen LogP contribution in [-0.4, -0.2) is 16.8 Å². The molecular formula is C10H13NS. The molecule has 0 saturated heterocycles. The van der Waals surface area contributed by atoms with Gasteiger partial charge in [0, 0.05) is 0 Å². The molecule has 0 aromatic rings. The lowest BCUT2D eigenvalue weighted by atomic mass is 9.95. The van der Waals surface area contributed by atoms with Crippen molar-refractivity contribution in [3.63, 3.8) is 0 Å². The maximum absolute atomic E-state index is 4.40. The predicted molar refractivity (Wildman–Crippen MR) is 55.7 cm³/mol. The van der Waals surface area contributed by atoms with Crippen LogP contribution in [0.1, 0.15) is 13.8 Å². The molecule has 2 rings (SSSR count). The van der Waals surface area contributed by atoms with Gasteiger partial charge in [0.15, 0.2) is 0 Å². The molecule has 2 atom stereocenters. The second-order valence-corrected chi connectivity index (χ2v) is 4.55. The fourth-order valence-electron chi connectivity index (χ4n) is 1.48. The molecule has 2 aliphatic rings. The molecule has 0 spiro atoms. The number of nitrogens with zero attached hydrogens (tertiary/aromatic N) is 1. The Morgan fingerprint density at radius 3 is 3.08 bits per heavy atom. The first-order chi connectivity index (χ1) is 5.77.